The Hall–Kier alpha value is -3.54. The maximum atomic E-state index is 12.2. The number of nitrogens with zero attached hydrogens (tertiary/aromatic N) is 2. The number of amides is 1. The number of carbonyl (C=O) groups excluding carboxylic acids is 2. The molecular formula is C21H20N4O2. The molecule has 1 amide bonds. The standard InChI is InChI=1S/C21H20N4O2/c1-15(26)17-7-9-18(10-8-17)23-21(27)19-11-12-20(25-24-19)22-14-13-16-5-3-2-4-6-16/h2-12H,13-14H2,1H3,(H,22,25)(H,23,27). The lowest BCUT2D eigenvalue weighted by molar-refractivity contribution is 0.101. The average molecular weight is 360 g/mol. The van der Waals surface area contributed by atoms with E-state index in [2.05, 4.69) is 33.0 Å². The summed E-state index contributed by atoms with van der Waals surface area (Å²) < 4.78 is 0. The number of benzene rings is 2. The fraction of sp³-hybridized carbons (Fsp3) is 0.143. The third-order valence-electron chi connectivity index (χ3n) is 4.01. The van der Waals surface area contributed by atoms with E-state index in [9.17, 15) is 9.59 Å². The molecule has 0 saturated carbocycles. The first kappa shape index (κ1) is 18.3. The van der Waals surface area contributed by atoms with Gasteiger partial charge in [-0.15, -0.1) is 10.2 Å². The molecule has 2 N–H and O–H groups in total. The molecule has 27 heavy (non-hydrogen) atoms. The van der Waals surface area contributed by atoms with Crippen LogP contribution in [0.2, 0.25) is 0 Å². The molecule has 0 spiro atoms. The molecule has 0 aliphatic carbocycles. The van der Waals surface area contributed by atoms with Crippen molar-refractivity contribution in [3.63, 3.8) is 0 Å². The molecule has 136 valence electrons. The molecule has 6 heteroatoms. The van der Waals surface area contributed by atoms with E-state index in [-0.39, 0.29) is 17.4 Å². The van der Waals surface area contributed by atoms with Gasteiger partial charge in [-0.3, -0.25) is 9.59 Å². The normalized spacial score (nSPS) is 10.3. The van der Waals surface area contributed by atoms with Gasteiger partial charge in [0.05, 0.1) is 0 Å². The molecule has 0 fully saturated rings. The maximum absolute atomic E-state index is 12.2. The van der Waals surface area contributed by atoms with Crippen LogP contribution in [0.3, 0.4) is 0 Å². The van der Waals surface area contributed by atoms with Gasteiger partial charge in [-0.1, -0.05) is 30.3 Å². The first-order valence-corrected chi connectivity index (χ1v) is 8.66. The molecule has 0 atom stereocenters. The Morgan fingerprint density at radius 3 is 2.26 bits per heavy atom. The number of ketones is 1. The number of rotatable bonds is 7. The summed E-state index contributed by atoms with van der Waals surface area (Å²) in [5.74, 6) is 0.247. The first-order valence-electron chi connectivity index (χ1n) is 8.66. The molecule has 0 unspecified atom stereocenters. The van der Waals surface area contributed by atoms with Crippen molar-refractivity contribution in [2.45, 2.75) is 13.3 Å². The molecule has 0 bridgehead atoms. The Labute approximate surface area is 157 Å². The molecule has 3 aromatic rings. The summed E-state index contributed by atoms with van der Waals surface area (Å²) in [7, 11) is 0. The van der Waals surface area contributed by atoms with Gasteiger partial charge in [-0.2, -0.15) is 0 Å². The Balaban J connectivity index is 1.53. The van der Waals surface area contributed by atoms with Gasteiger partial charge in [-0.05, 0) is 55.3 Å². The summed E-state index contributed by atoms with van der Waals surface area (Å²) >= 11 is 0. The lowest BCUT2D eigenvalue weighted by Crippen LogP contribution is -2.15. The number of aromatic nitrogens is 2. The highest BCUT2D eigenvalue weighted by molar-refractivity contribution is 6.03. The average Bonchev–Trinajstić information content (AvgIpc) is 2.70. The van der Waals surface area contributed by atoms with Crippen LogP contribution < -0.4 is 10.6 Å². The van der Waals surface area contributed by atoms with Crippen molar-refractivity contribution in [3.8, 4) is 0 Å². The third kappa shape index (κ3) is 5.22. The second kappa shape index (κ2) is 8.71. The highest BCUT2D eigenvalue weighted by atomic mass is 16.2. The van der Waals surface area contributed by atoms with Crippen LogP contribution in [0, 0.1) is 0 Å². The lowest BCUT2D eigenvalue weighted by Gasteiger charge is -2.07. The highest BCUT2D eigenvalue weighted by Crippen LogP contribution is 2.12. The quantitative estimate of drug-likeness (QED) is 0.629. The number of carbonyl (C=O) groups is 2. The zero-order valence-electron chi connectivity index (χ0n) is 15.0. The van der Waals surface area contributed by atoms with E-state index >= 15 is 0 Å². The fourth-order valence-corrected chi connectivity index (χ4v) is 2.51. The van der Waals surface area contributed by atoms with Crippen molar-refractivity contribution in [3.05, 3.63) is 83.6 Å². The number of Topliss-reactive ketones (excluding diaryl/α,β-unsaturated/α-hetero) is 1. The minimum atomic E-state index is -0.353. The number of hydrogen-bond donors (Lipinski definition) is 2. The van der Waals surface area contributed by atoms with Crippen LogP contribution in [0.25, 0.3) is 0 Å². The van der Waals surface area contributed by atoms with Crippen molar-refractivity contribution in [1.29, 1.82) is 0 Å². The van der Waals surface area contributed by atoms with Crippen molar-refractivity contribution in [1.82, 2.24) is 10.2 Å². The van der Waals surface area contributed by atoms with Crippen LogP contribution in [0.1, 0.15) is 33.3 Å². The minimum absolute atomic E-state index is 0.0194. The Bertz CT molecular complexity index is 907. The molecule has 0 aliphatic heterocycles. The maximum Gasteiger partial charge on any atom is 0.276 e. The van der Waals surface area contributed by atoms with Crippen molar-refractivity contribution in [2.75, 3.05) is 17.2 Å². The summed E-state index contributed by atoms with van der Waals surface area (Å²) in [6.07, 6.45) is 0.876. The van der Waals surface area contributed by atoms with Crippen LogP contribution in [-0.2, 0) is 6.42 Å². The zero-order chi connectivity index (χ0) is 19.1. The monoisotopic (exact) mass is 360 g/mol. The van der Waals surface area contributed by atoms with Crippen molar-refractivity contribution < 1.29 is 9.59 Å². The number of nitrogens with one attached hydrogen (secondary N) is 2. The van der Waals surface area contributed by atoms with Crippen LogP contribution >= 0.6 is 0 Å². The van der Waals surface area contributed by atoms with E-state index in [1.165, 1.54) is 12.5 Å². The van der Waals surface area contributed by atoms with Crippen LogP contribution in [0.15, 0.2) is 66.7 Å². The van der Waals surface area contributed by atoms with Gasteiger partial charge >= 0.3 is 0 Å². The molecule has 0 radical (unpaired) electrons. The number of anilines is 2. The predicted molar refractivity (Wildman–Crippen MR) is 105 cm³/mol. The third-order valence-corrected chi connectivity index (χ3v) is 4.01. The van der Waals surface area contributed by atoms with Crippen LogP contribution in [0.4, 0.5) is 11.5 Å². The van der Waals surface area contributed by atoms with Gasteiger partial charge < -0.3 is 10.6 Å². The fourth-order valence-electron chi connectivity index (χ4n) is 2.51. The Morgan fingerprint density at radius 1 is 0.889 bits per heavy atom. The van der Waals surface area contributed by atoms with Crippen molar-refractivity contribution >= 4 is 23.2 Å². The van der Waals surface area contributed by atoms with Gasteiger partial charge in [0.1, 0.15) is 5.82 Å². The molecule has 6 nitrogen and oxygen atoms in total. The van der Waals surface area contributed by atoms with E-state index in [0.29, 0.717) is 17.1 Å². The molecule has 1 heterocycles. The summed E-state index contributed by atoms with van der Waals surface area (Å²) in [5, 5.41) is 13.9. The van der Waals surface area contributed by atoms with Gasteiger partial charge in [0.25, 0.3) is 5.91 Å². The molecule has 0 aliphatic rings. The molecular weight excluding hydrogens is 340 g/mol. The molecule has 3 rings (SSSR count). The SMILES string of the molecule is CC(=O)c1ccc(NC(=O)c2ccc(NCCc3ccccc3)nn2)cc1. The largest absolute Gasteiger partial charge is 0.368 e. The minimum Gasteiger partial charge on any atom is -0.368 e. The van der Waals surface area contributed by atoms with Crippen molar-refractivity contribution in [2.24, 2.45) is 0 Å². The van der Waals surface area contributed by atoms with E-state index in [4.69, 9.17) is 0 Å². The smallest absolute Gasteiger partial charge is 0.276 e. The second-order valence-electron chi connectivity index (χ2n) is 6.05. The van der Waals surface area contributed by atoms with Gasteiger partial charge in [-0.25, -0.2) is 0 Å². The van der Waals surface area contributed by atoms with Crippen LogP contribution in [0.5, 0.6) is 0 Å². The van der Waals surface area contributed by atoms with Gasteiger partial charge in [0, 0.05) is 17.8 Å². The summed E-state index contributed by atoms with van der Waals surface area (Å²) in [4.78, 5) is 23.5. The number of hydrogen-bond acceptors (Lipinski definition) is 5. The summed E-state index contributed by atoms with van der Waals surface area (Å²) in [5.41, 5.74) is 2.65. The highest BCUT2D eigenvalue weighted by Gasteiger charge is 2.09. The predicted octanol–water partition coefficient (Wildman–Crippen LogP) is 3.59. The van der Waals surface area contributed by atoms with Crippen LogP contribution in [-0.4, -0.2) is 28.4 Å². The van der Waals surface area contributed by atoms with E-state index < -0.39 is 0 Å². The summed E-state index contributed by atoms with van der Waals surface area (Å²) in [6.45, 7) is 2.23. The van der Waals surface area contributed by atoms with E-state index in [1.54, 1.807) is 36.4 Å². The second-order valence-corrected chi connectivity index (χ2v) is 6.05. The molecule has 0 saturated heterocycles. The first-order chi connectivity index (χ1) is 13.1. The van der Waals surface area contributed by atoms with E-state index in [0.717, 1.165) is 13.0 Å². The molecule has 1 aromatic heterocycles. The molecule has 2 aromatic carbocycles. The zero-order valence-corrected chi connectivity index (χ0v) is 15.0. The van der Waals surface area contributed by atoms with Gasteiger partial charge in [0.15, 0.2) is 11.5 Å². The summed E-state index contributed by atoms with van der Waals surface area (Å²) in [6, 6.07) is 20.2. The Kier molecular flexibility index (Phi) is 5.89. The van der Waals surface area contributed by atoms with Gasteiger partial charge in [0.2, 0.25) is 0 Å². The lowest BCUT2D eigenvalue weighted by atomic mass is 10.1. The topological polar surface area (TPSA) is 84.0 Å². The Morgan fingerprint density at radius 2 is 1.63 bits per heavy atom. The van der Waals surface area contributed by atoms with E-state index in [1.807, 2.05) is 18.2 Å².